The summed E-state index contributed by atoms with van der Waals surface area (Å²) in [5, 5.41) is 8.79. The van der Waals surface area contributed by atoms with Crippen molar-refractivity contribution >= 4 is 6.29 Å². The summed E-state index contributed by atoms with van der Waals surface area (Å²) in [6, 6.07) is 3.73. The molecule has 3 nitrogen and oxygen atoms in total. The van der Waals surface area contributed by atoms with E-state index in [0.717, 1.165) is 24.9 Å². The van der Waals surface area contributed by atoms with E-state index in [2.05, 4.69) is 6.07 Å². The maximum atomic E-state index is 10.7. The van der Waals surface area contributed by atoms with Gasteiger partial charge in [0.2, 0.25) is 0 Å². The summed E-state index contributed by atoms with van der Waals surface area (Å²) < 4.78 is 1.88. The zero-order valence-electron chi connectivity index (χ0n) is 7.87. The third-order valence-corrected chi connectivity index (χ3v) is 2.13. The first-order valence-electron chi connectivity index (χ1n) is 4.36. The summed E-state index contributed by atoms with van der Waals surface area (Å²) >= 11 is 0. The third kappa shape index (κ3) is 1.48. The lowest BCUT2D eigenvalue weighted by molar-refractivity contribution is 0.112. The van der Waals surface area contributed by atoms with Gasteiger partial charge in [0.15, 0.2) is 6.29 Å². The van der Waals surface area contributed by atoms with Gasteiger partial charge < -0.3 is 4.57 Å². The maximum absolute atomic E-state index is 10.7. The minimum atomic E-state index is 0.571. The van der Waals surface area contributed by atoms with Gasteiger partial charge >= 0.3 is 0 Å². The Hall–Kier alpha value is -1.56. The highest BCUT2D eigenvalue weighted by atomic mass is 16.1. The van der Waals surface area contributed by atoms with Gasteiger partial charge in [0.1, 0.15) is 11.8 Å². The van der Waals surface area contributed by atoms with Crippen molar-refractivity contribution in [1.29, 1.82) is 5.26 Å². The van der Waals surface area contributed by atoms with Crippen LogP contribution in [0.15, 0.2) is 6.07 Å². The Kier molecular flexibility index (Phi) is 2.86. The molecule has 0 atom stereocenters. The van der Waals surface area contributed by atoms with Crippen molar-refractivity contribution in [3.05, 3.63) is 23.0 Å². The molecule has 0 spiro atoms. The smallest absolute Gasteiger partial charge is 0.151 e. The Labute approximate surface area is 77.6 Å². The van der Waals surface area contributed by atoms with E-state index in [-0.39, 0.29) is 0 Å². The Bertz CT molecular complexity index is 358. The number of aldehydes is 1. The van der Waals surface area contributed by atoms with Crippen molar-refractivity contribution in [2.45, 2.75) is 26.8 Å². The monoisotopic (exact) mass is 176 g/mol. The predicted octanol–water partition coefficient (Wildman–Crippen LogP) is 1.75. The molecule has 0 aliphatic rings. The van der Waals surface area contributed by atoms with Gasteiger partial charge in [-0.15, -0.1) is 0 Å². The van der Waals surface area contributed by atoms with E-state index in [9.17, 15) is 4.79 Å². The topological polar surface area (TPSA) is 45.8 Å². The van der Waals surface area contributed by atoms with Gasteiger partial charge in [-0.05, 0) is 19.4 Å². The molecule has 1 aromatic heterocycles. The molecular formula is C10H12N2O. The Morgan fingerprint density at radius 3 is 2.69 bits per heavy atom. The summed E-state index contributed by atoms with van der Waals surface area (Å²) in [5.41, 5.74) is 2.16. The number of nitriles is 1. The molecule has 0 saturated heterocycles. The summed E-state index contributed by atoms with van der Waals surface area (Å²) in [4.78, 5) is 10.7. The van der Waals surface area contributed by atoms with Crippen LogP contribution in [0.2, 0.25) is 0 Å². The van der Waals surface area contributed by atoms with Gasteiger partial charge in [0.25, 0.3) is 0 Å². The Morgan fingerprint density at radius 2 is 2.31 bits per heavy atom. The van der Waals surface area contributed by atoms with Crippen LogP contribution in [0.1, 0.15) is 35.6 Å². The highest BCUT2D eigenvalue weighted by Gasteiger charge is 2.10. The van der Waals surface area contributed by atoms with Crippen molar-refractivity contribution in [2.24, 2.45) is 0 Å². The van der Waals surface area contributed by atoms with E-state index in [0.29, 0.717) is 11.3 Å². The molecular weight excluding hydrogens is 164 g/mol. The van der Waals surface area contributed by atoms with Crippen LogP contribution in [0, 0.1) is 11.3 Å². The lowest BCUT2D eigenvalue weighted by Crippen LogP contribution is -2.03. The Morgan fingerprint density at radius 1 is 1.62 bits per heavy atom. The van der Waals surface area contributed by atoms with Crippen LogP contribution >= 0.6 is 0 Å². The highest BCUT2D eigenvalue weighted by Crippen LogP contribution is 2.14. The molecule has 0 radical (unpaired) electrons. The molecule has 0 bridgehead atoms. The van der Waals surface area contributed by atoms with Gasteiger partial charge in [0.05, 0.1) is 0 Å². The highest BCUT2D eigenvalue weighted by molar-refractivity contribution is 5.77. The minimum absolute atomic E-state index is 0.571. The van der Waals surface area contributed by atoms with Crippen LogP contribution in [-0.2, 0) is 13.0 Å². The zero-order chi connectivity index (χ0) is 9.84. The lowest BCUT2D eigenvalue weighted by atomic mass is 10.2. The molecule has 1 rings (SSSR count). The van der Waals surface area contributed by atoms with Crippen molar-refractivity contribution in [1.82, 2.24) is 4.57 Å². The first-order chi connectivity index (χ1) is 6.28. The number of nitrogens with zero attached hydrogens (tertiary/aromatic N) is 2. The van der Waals surface area contributed by atoms with Crippen LogP contribution in [0.3, 0.4) is 0 Å². The Balaban J connectivity index is 3.35. The van der Waals surface area contributed by atoms with E-state index >= 15 is 0 Å². The summed E-state index contributed by atoms with van der Waals surface area (Å²) in [6.07, 6.45) is 1.59. The SMILES string of the molecule is CCc1c(C=O)cc(C#N)n1CC. The summed E-state index contributed by atoms with van der Waals surface area (Å²) in [5.74, 6) is 0. The van der Waals surface area contributed by atoms with Crippen LogP contribution < -0.4 is 0 Å². The minimum Gasteiger partial charge on any atom is -0.336 e. The van der Waals surface area contributed by atoms with E-state index < -0.39 is 0 Å². The van der Waals surface area contributed by atoms with E-state index in [1.165, 1.54) is 0 Å². The molecule has 0 aliphatic carbocycles. The van der Waals surface area contributed by atoms with Crippen molar-refractivity contribution in [2.75, 3.05) is 0 Å². The van der Waals surface area contributed by atoms with E-state index in [1.807, 2.05) is 18.4 Å². The van der Waals surface area contributed by atoms with E-state index in [4.69, 9.17) is 5.26 Å². The molecule has 0 aromatic carbocycles. The standard InChI is InChI=1S/C10H12N2O/c1-3-10-8(7-13)5-9(6-11)12(10)4-2/h5,7H,3-4H2,1-2H3. The maximum Gasteiger partial charge on any atom is 0.151 e. The molecule has 0 aliphatic heterocycles. The average molecular weight is 176 g/mol. The number of hydrogen-bond acceptors (Lipinski definition) is 2. The van der Waals surface area contributed by atoms with Crippen LogP contribution in [0.4, 0.5) is 0 Å². The fourth-order valence-corrected chi connectivity index (χ4v) is 1.56. The van der Waals surface area contributed by atoms with Gasteiger partial charge in [-0.2, -0.15) is 5.26 Å². The second kappa shape index (κ2) is 3.90. The van der Waals surface area contributed by atoms with Gasteiger partial charge in [0, 0.05) is 17.8 Å². The van der Waals surface area contributed by atoms with Crippen LogP contribution in [0.25, 0.3) is 0 Å². The van der Waals surface area contributed by atoms with Crippen LogP contribution in [0.5, 0.6) is 0 Å². The van der Waals surface area contributed by atoms with Gasteiger partial charge in [-0.25, -0.2) is 0 Å². The zero-order valence-corrected chi connectivity index (χ0v) is 7.87. The largest absolute Gasteiger partial charge is 0.336 e. The number of carbonyl (C=O) groups is 1. The first-order valence-corrected chi connectivity index (χ1v) is 4.36. The van der Waals surface area contributed by atoms with E-state index in [1.54, 1.807) is 6.07 Å². The number of carbonyl (C=O) groups excluding carboxylic acids is 1. The molecule has 68 valence electrons. The fourth-order valence-electron chi connectivity index (χ4n) is 1.56. The molecule has 1 heterocycles. The molecule has 13 heavy (non-hydrogen) atoms. The lowest BCUT2D eigenvalue weighted by Gasteiger charge is -2.05. The van der Waals surface area contributed by atoms with Crippen LogP contribution in [-0.4, -0.2) is 10.9 Å². The first kappa shape index (κ1) is 9.53. The summed E-state index contributed by atoms with van der Waals surface area (Å²) in [6.45, 7) is 4.68. The average Bonchev–Trinajstić information content (AvgIpc) is 2.54. The number of rotatable bonds is 3. The quantitative estimate of drug-likeness (QED) is 0.659. The second-order valence-electron chi connectivity index (χ2n) is 2.76. The van der Waals surface area contributed by atoms with Gasteiger partial charge in [-0.1, -0.05) is 6.92 Å². The molecule has 0 saturated carbocycles. The molecule has 0 unspecified atom stereocenters. The second-order valence-corrected chi connectivity index (χ2v) is 2.76. The van der Waals surface area contributed by atoms with Crippen molar-refractivity contribution in [3.8, 4) is 6.07 Å². The molecule has 0 fully saturated rings. The normalized spacial score (nSPS) is 9.62. The van der Waals surface area contributed by atoms with Gasteiger partial charge in [-0.3, -0.25) is 4.79 Å². The van der Waals surface area contributed by atoms with Crippen molar-refractivity contribution in [3.63, 3.8) is 0 Å². The summed E-state index contributed by atoms with van der Waals surface area (Å²) in [7, 11) is 0. The van der Waals surface area contributed by atoms with Crippen molar-refractivity contribution < 1.29 is 4.79 Å². The fraction of sp³-hybridized carbons (Fsp3) is 0.400. The number of aromatic nitrogens is 1. The third-order valence-electron chi connectivity index (χ3n) is 2.13. The predicted molar refractivity (Wildman–Crippen MR) is 49.6 cm³/mol. The molecule has 1 aromatic rings. The number of hydrogen-bond donors (Lipinski definition) is 0. The molecule has 0 N–H and O–H groups in total. The molecule has 0 amide bonds. The molecule has 3 heteroatoms.